The number of nitrogens with zero attached hydrogens (tertiary/aromatic N) is 3. The van der Waals surface area contributed by atoms with Crippen LogP contribution in [0, 0.1) is 19.8 Å². The second-order valence-electron chi connectivity index (χ2n) is 7.74. The largest absolute Gasteiger partial charge is 0.455 e. The molecule has 1 aromatic carbocycles. The van der Waals surface area contributed by atoms with Crippen molar-refractivity contribution in [3.63, 3.8) is 0 Å². The number of halogens is 1. The number of hydrogen-bond acceptors (Lipinski definition) is 6. The van der Waals surface area contributed by atoms with E-state index in [1.807, 2.05) is 37.8 Å². The highest BCUT2D eigenvalue weighted by atomic mass is 35.5. The number of aromatic nitrogens is 2. The first-order chi connectivity index (χ1) is 14.3. The lowest BCUT2D eigenvalue weighted by Gasteiger charge is -2.32. The third kappa shape index (κ3) is 5.69. The second kappa shape index (κ2) is 9.89. The number of anilines is 1. The van der Waals surface area contributed by atoms with Crippen LogP contribution in [-0.4, -0.2) is 41.8 Å². The second-order valence-corrected chi connectivity index (χ2v) is 8.13. The SMILES string of the molecule is Cc1ccc([C@H](C)NC(=O)COC(=O)[C@@H]2CCCN(c3ccc(Cl)nn3)C2)cc1C. The molecule has 1 aliphatic rings. The van der Waals surface area contributed by atoms with Crippen LogP contribution in [0.3, 0.4) is 0 Å². The molecule has 3 rings (SSSR count). The molecule has 160 valence electrons. The zero-order valence-electron chi connectivity index (χ0n) is 17.5. The van der Waals surface area contributed by atoms with E-state index in [-0.39, 0.29) is 30.4 Å². The van der Waals surface area contributed by atoms with Gasteiger partial charge >= 0.3 is 5.97 Å². The molecule has 7 nitrogen and oxygen atoms in total. The molecule has 0 saturated carbocycles. The van der Waals surface area contributed by atoms with E-state index < -0.39 is 0 Å². The maximum absolute atomic E-state index is 12.5. The van der Waals surface area contributed by atoms with Gasteiger partial charge in [-0.3, -0.25) is 9.59 Å². The highest BCUT2D eigenvalue weighted by Gasteiger charge is 2.28. The van der Waals surface area contributed by atoms with Crippen LogP contribution in [0.1, 0.15) is 42.5 Å². The van der Waals surface area contributed by atoms with Crippen LogP contribution in [-0.2, 0) is 14.3 Å². The minimum absolute atomic E-state index is 0.163. The smallest absolute Gasteiger partial charge is 0.311 e. The van der Waals surface area contributed by atoms with Crippen molar-refractivity contribution >= 4 is 29.3 Å². The highest BCUT2D eigenvalue weighted by Crippen LogP contribution is 2.23. The molecule has 1 saturated heterocycles. The van der Waals surface area contributed by atoms with Crippen LogP contribution < -0.4 is 10.2 Å². The van der Waals surface area contributed by atoms with E-state index in [4.69, 9.17) is 16.3 Å². The Labute approximate surface area is 181 Å². The molecule has 1 amide bonds. The molecule has 1 fully saturated rings. The van der Waals surface area contributed by atoms with Gasteiger partial charge in [-0.25, -0.2) is 0 Å². The van der Waals surface area contributed by atoms with Gasteiger partial charge in [0.1, 0.15) is 0 Å². The van der Waals surface area contributed by atoms with Gasteiger partial charge < -0.3 is 15.0 Å². The third-order valence-corrected chi connectivity index (χ3v) is 5.65. The standard InChI is InChI=1S/C22H27ClN4O3/c1-14-6-7-17(11-15(14)2)16(3)24-21(28)13-30-22(29)18-5-4-10-27(12-18)20-9-8-19(23)25-26-20/h6-9,11,16,18H,4-5,10,12-13H2,1-3H3,(H,24,28)/t16-,18+/m0/s1. The minimum Gasteiger partial charge on any atom is -0.455 e. The lowest BCUT2D eigenvalue weighted by atomic mass is 9.98. The van der Waals surface area contributed by atoms with Gasteiger partial charge in [-0.2, -0.15) is 0 Å². The van der Waals surface area contributed by atoms with E-state index in [9.17, 15) is 9.59 Å². The molecule has 1 aliphatic heterocycles. The maximum atomic E-state index is 12.5. The van der Waals surface area contributed by atoms with Crippen molar-refractivity contribution < 1.29 is 14.3 Å². The Kier molecular flexibility index (Phi) is 7.26. The Hall–Kier alpha value is -2.67. The molecule has 0 aliphatic carbocycles. The average Bonchev–Trinajstić information content (AvgIpc) is 2.74. The molecule has 0 radical (unpaired) electrons. The summed E-state index contributed by atoms with van der Waals surface area (Å²) in [6, 6.07) is 9.38. The lowest BCUT2D eigenvalue weighted by Crippen LogP contribution is -2.41. The lowest BCUT2D eigenvalue weighted by molar-refractivity contribution is -0.153. The van der Waals surface area contributed by atoms with Crippen molar-refractivity contribution in [1.82, 2.24) is 15.5 Å². The number of amides is 1. The summed E-state index contributed by atoms with van der Waals surface area (Å²) in [4.78, 5) is 26.7. The van der Waals surface area contributed by atoms with E-state index in [0.29, 0.717) is 17.5 Å². The number of esters is 1. The van der Waals surface area contributed by atoms with E-state index in [0.717, 1.165) is 24.9 Å². The fourth-order valence-corrected chi connectivity index (χ4v) is 3.61. The van der Waals surface area contributed by atoms with E-state index >= 15 is 0 Å². The Morgan fingerprint density at radius 3 is 2.73 bits per heavy atom. The van der Waals surface area contributed by atoms with Crippen LogP contribution in [0.15, 0.2) is 30.3 Å². The first-order valence-electron chi connectivity index (χ1n) is 10.1. The van der Waals surface area contributed by atoms with Gasteiger partial charge in [0, 0.05) is 13.1 Å². The predicted octanol–water partition coefficient (Wildman–Crippen LogP) is 3.38. The Bertz CT molecular complexity index is 904. The highest BCUT2D eigenvalue weighted by molar-refractivity contribution is 6.29. The van der Waals surface area contributed by atoms with Crippen molar-refractivity contribution in [3.05, 3.63) is 52.2 Å². The first-order valence-corrected chi connectivity index (χ1v) is 10.5. The van der Waals surface area contributed by atoms with Crippen LogP contribution in [0.4, 0.5) is 5.82 Å². The number of rotatable bonds is 6. The summed E-state index contributed by atoms with van der Waals surface area (Å²) in [5, 5.41) is 11.1. The first kappa shape index (κ1) is 22.0. The third-order valence-electron chi connectivity index (χ3n) is 5.45. The van der Waals surface area contributed by atoms with E-state index in [1.54, 1.807) is 12.1 Å². The van der Waals surface area contributed by atoms with Gasteiger partial charge in [0.2, 0.25) is 0 Å². The summed E-state index contributed by atoms with van der Waals surface area (Å²) in [5.41, 5.74) is 3.40. The van der Waals surface area contributed by atoms with Gasteiger partial charge in [-0.1, -0.05) is 29.8 Å². The number of aryl methyl sites for hydroxylation is 2. The zero-order chi connectivity index (χ0) is 21.7. The summed E-state index contributed by atoms with van der Waals surface area (Å²) in [6.07, 6.45) is 1.55. The van der Waals surface area contributed by atoms with Crippen molar-refractivity contribution in [2.75, 3.05) is 24.6 Å². The molecule has 0 unspecified atom stereocenters. The van der Waals surface area contributed by atoms with Crippen molar-refractivity contribution in [1.29, 1.82) is 0 Å². The number of hydrogen-bond donors (Lipinski definition) is 1. The summed E-state index contributed by atoms with van der Waals surface area (Å²) >= 11 is 5.79. The van der Waals surface area contributed by atoms with E-state index in [1.165, 1.54) is 11.1 Å². The maximum Gasteiger partial charge on any atom is 0.311 e. The van der Waals surface area contributed by atoms with Crippen LogP contribution in [0.2, 0.25) is 5.15 Å². The molecule has 30 heavy (non-hydrogen) atoms. The van der Waals surface area contributed by atoms with Crippen LogP contribution in [0.25, 0.3) is 0 Å². The molecule has 2 atom stereocenters. The fourth-order valence-electron chi connectivity index (χ4n) is 3.51. The monoisotopic (exact) mass is 430 g/mol. The quantitative estimate of drug-likeness (QED) is 0.707. The van der Waals surface area contributed by atoms with Crippen LogP contribution in [0.5, 0.6) is 0 Å². The van der Waals surface area contributed by atoms with Gasteiger partial charge in [0.25, 0.3) is 5.91 Å². The minimum atomic E-state index is -0.365. The molecular formula is C22H27ClN4O3. The van der Waals surface area contributed by atoms with E-state index in [2.05, 4.69) is 21.6 Å². The Balaban J connectivity index is 1.48. The Morgan fingerprint density at radius 2 is 2.03 bits per heavy atom. The van der Waals surface area contributed by atoms with Gasteiger partial charge in [0.05, 0.1) is 12.0 Å². The number of ether oxygens (including phenoxy) is 1. The topological polar surface area (TPSA) is 84.4 Å². The number of nitrogens with one attached hydrogen (secondary N) is 1. The van der Waals surface area contributed by atoms with Gasteiger partial charge in [-0.15, -0.1) is 10.2 Å². The zero-order valence-corrected chi connectivity index (χ0v) is 18.3. The summed E-state index contributed by atoms with van der Waals surface area (Å²) in [6.45, 7) is 6.98. The van der Waals surface area contributed by atoms with Gasteiger partial charge in [-0.05, 0) is 62.4 Å². The summed E-state index contributed by atoms with van der Waals surface area (Å²) < 4.78 is 5.29. The van der Waals surface area contributed by atoms with Crippen molar-refractivity contribution in [2.45, 2.75) is 39.7 Å². The van der Waals surface area contributed by atoms with Crippen LogP contribution >= 0.6 is 11.6 Å². The summed E-state index contributed by atoms with van der Waals surface area (Å²) in [5.74, 6) is -0.307. The molecule has 2 aromatic rings. The average molecular weight is 431 g/mol. The van der Waals surface area contributed by atoms with Crippen molar-refractivity contribution in [3.8, 4) is 0 Å². The molecule has 2 heterocycles. The van der Waals surface area contributed by atoms with Gasteiger partial charge in [0.15, 0.2) is 17.6 Å². The molecule has 1 aromatic heterocycles. The number of piperidine rings is 1. The molecular weight excluding hydrogens is 404 g/mol. The number of carbonyl (C=O) groups excluding carboxylic acids is 2. The Morgan fingerprint density at radius 1 is 1.23 bits per heavy atom. The molecule has 8 heteroatoms. The normalized spacial score (nSPS) is 17.3. The molecule has 1 N–H and O–H groups in total. The van der Waals surface area contributed by atoms with Crippen molar-refractivity contribution in [2.24, 2.45) is 5.92 Å². The predicted molar refractivity (Wildman–Crippen MR) is 115 cm³/mol. The molecule has 0 spiro atoms. The number of benzene rings is 1. The summed E-state index contributed by atoms with van der Waals surface area (Å²) in [7, 11) is 0. The number of carbonyl (C=O) groups is 2. The molecule has 0 bridgehead atoms. The fraction of sp³-hybridized carbons (Fsp3) is 0.455.